The Hall–Kier alpha value is -3.62. The van der Waals surface area contributed by atoms with E-state index in [4.69, 9.17) is 4.84 Å². The molecule has 14 heteroatoms. The second-order valence-corrected chi connectivity index (χ2v) is 10.00. The number of halogens is 1. The molecule has 3 aromatic rings. The Morgan fingerprint density at radius 3 is 2.39 bits per heavy atom. The molecule has 190 valence electrons. The number of hydrogen-bond acceptors (Lipinski definition) is 10. The van der Waals surface area contributed by atoms with Crippen molar-refractivity contribution in [2.24, 2.45) is 0 Å². The fraction of sp³-hybridized carbons (Fsp3) is 0.364. The van der Waals surface area contributed by atoms with Gasteiger partial charge < -0.3 is 4.90 Å². The number of pyridine rings is 1. The minimum Gasteiger partial charge on any atom is -0.338 e. The van der Waals surface area contributed by atoms with Gasteiger partial charge in [-0.15, -0.1) is 0 Å². The van der Waals surface area contributed by atoms with E-state index in [2.05, 4.69) is 30.4 Å². The molecule has 0 radical (unpaired) electrons. The first-order valence-electron chi connectivity index (χ1n) is 11.2. The largest absolute Gasteiger partial charge is 0.338 e. The number of carbonyl (C=O) groups is 1. The third kappa shape index (κ3) is 6.74. The van der Waals surface area contributed by atoms with Gasteiger partial charge in [0.2, 0.25) is 22.4 Å². The number of hydroxylamine groups is 1. The van der Waals surface area contributed by atoms with Crippen LogP contribution in [0.1, 0.15) is 12.2 Å². The van der Waals surface area contributed by atoms with Crippen LogP contribution < -0.4 is 10.4 Å². The Labute approximate surface area is 207 Å². The Morgan fingerprint density at radius 2 is 1.75 bits per heavy atom. The van der Waals surface area contributed by atoms with Crippen molar-refractivity contribution in [1.29, 1.82) is 0 Å². The predicted molar refractivity (Wildman–Crippen MR) is 127 cm³/mol. The van der Waals surface area contributed by atoms with Gasteiger partial charge in [0.25, 0.3) is 0 Å². The van der Waals surface area contributed by atoms with Crippen molar-refractivity contribution in [3.8, 4) is 11.3 Å². The second kappa shape index (κ2) is 11.9. The van der Waals surface area contributed by atoms with Crippen LogP contribution in [0.15, 0.2) is 49.2 Å². The van der Waals surface area contributed by atoms with Gasteiger partial charge in [-0.1, -0.05) is 6.07 Å². The van der Waals surface area contributed by atoms with Crippen molar-refractivity contribution in [3.05, 3.63) is 60.8 Å². The third-order valence-electron chi connectivity index (χ3n) is 5.56. The van der Waals surface area contributed by atoms with Gasteiger partial charge >= 0.3 is 0 Å². The van der Waals surface area contributed by atoms with Crippen molar-refractivity contribution in [1.82, 2.24) is 34.7 Å². The minimum absolute atomic E-state index is 0.210. The number of aryl methyl sites for hydroxylation is 1. The molecule has 0 spiro atoms. The minimum atomic E-state index is -3.70. The van der Waals surface area contributed by atoms with Crippen LogP contribution in [-0.2, 0) is 26.1 Å². The maximum absolute atomic E-state index is 13.1. The monoisotopic (exact) mass is 516 g/mol. The van der Waals surface area contributed by atoms with E-state index in [0.29, 0.717) is 31.3 Å². The van der Waals surface area contributed by atoms with Gasteiger partial charge in [-0.25, -0.2) is 38.2 Å². The molecule has 36 heavy (non-hydrogen) atoms. The molecule has 4 heterocycles. The molecule has 1 atom stereocenters. The summed E-state index contributed by atoms with van der Waals surface area (Å²) in [4.78, 5) is 38.7. The summed E-state index contributed by atoms with van der Waals surface area (Å²) in [5.74, 6) is -0.0475. The van der Waals surface area contributed by atoms with Crippen molar-refractivity contribution in [2.45, 2.75) is 18.9 Å². The summed E-state index contributed by atoms with van der Waals surface area (Å²) in [5.41, 5.74) is 3.63. The molecule has 4 rings (SSSR count). The molecular formula is C22H25FN8O4S. The number of carbonyl (C=O) groups excluding carboxylic acids is 1. The average Bonchev–Trinajstić information content (AvgIpc) is 2.92. The maximum Gasteiger partial charge on any atom is 0.230 e. The lowest BCUT2D eigenvalue weighted by atomic mass is 10.2. The van der Waals surface area contributed by atoms with Crippen molar-refractivity contribution >= 4 is 22.4 Å². The van der Waals surface area contributed by atoms with Gasteiger partial charge in [-0.2, -0.15) is 4.31 Å². The van der Waals surface area contributed by atoms with Gasteiger partial charge in [0, 0.05) is 56.8 Å². The SMILES string of the molecule is O=CNOC(CCc1ncc(F)cn1)CS(=O)(=O)N1CCN(c2ncc(-c3ccccn3)cn2)CC1. The van der Waals surface area contributed by atoms with Crippen LogP contribution in [0.3, 0.4) is 0 Å². The Bertz CT molecular complexity index is 1230. The number of amides is 1. The van der Waals surface area contributed by atoms with Gasteiger partial charge in [-0.3, -0.25) is 14.6 Å². The standard InChI is InChI=1S/C22H25FN8O4S/c23-18-13-25-21(26-14-18)5-4-19(35-29-16-32)15-36(33,34)31-9-7-30(8-10-31)22-27-11-17(12-28-22)20-3-1-2-6-24-20/h1-3,6,11-14,16,19H,4-5,7-10,15H2,(H,29,32). The summed E-state index contributed by atoms with van der Waals surface area (Å²) < 4.78 is 40.5. The van der Waals surface area contributed by atoms with Gasteiger partial charge in [0.05, 0.1) is 23.8 Å². The second-order valence-electron chi connectivity index (χ2n) is 7.98. The van der Waals surface area contributed by atoms with Crippen LogP contribution in [0, 0.1) is 5.82 Å². The average molecular weight is 517 g/mol. The highest BCUT2D eigenvalue weighted by molar-refractivity contribution is 7.89. The lowest BCUT2D eigenvalue weighted by molar-refractivity contribution is -0.124. The number of hydrogen-bond donors (Lipinski definition) is 1. The van der Waals surface area contributed by atoms with Gasteiger partial charge in [-0.05, 0) is 18.6 Å². The van der Waals surface area contributed by atoms with E-state index < -0.39 is 21.9 Å². The zero-order valence-electron chi connectivity index (χ0n) is 19.3. The fourth-order valence-electron chi connectivity index (χ4n) is 3.72. The lowest BCUT2D eigenvalue weighted by Gasteiger charge is -2.34. The first kappa shape index (κ1) is 25.5. The highest BCUT2D eigenvalue weighted by Gasteiger charge is 2.31. The number of nitrogens with one attached hydrogen (secondary N) is 1. The quantitative estimate of drug-likeness (QED) is 0.284. The van der Waals surface area contributed by atoms with E-state index in [1.165, 1.54) is 4.31 Å². The number of rotatable bonds is 11. The van der Waals surface area contributed by atoms with Crippen LogP contribution in [0.5, 0.6) is 0 Å². The van der Waals surface area contributed by atoms with Crippen LogP contribution in [0.25, 0.3) is 11.3 Å². The zero-order chi connectivity index (χ0) is 25.4. The fourth-order valence-corrected chi connectivity index (χ4v) is 5.35. The maximum atomic E-state index is 13.1. The molecule has 1 N–H and O–H groups in total. The summed E-state index contributed by atoms with van der Waals surface area (Å²) >= 11 is 0. The van der Waals surface area contributed by atoms with E-state index in [9.17, 15) is 17.6 Å². The molecule has 0 bridgehead atoms. The topological polar surface area (TPSA) is 143 Å². The molecule has 1 aliphatic rings. The molecule has 1 saturated heterocycles. The highest BCUT2D eigenvalue weighted by Crippen LogP contribution is 2.19. The summed E-state index contributed by atoms with van der Waals surface area (Å²) in [5, 5.41) is 0. The summed E-state index contributed by atoms with van der Waals surface area (Å²) in [6.45, 7) is 1.35. The van der Waals surface area contributed by atoms with Crippen molar-refractivity contribution in [3.63, 3.8) is 0 Å². The van der Waals surface area contributed by atoms with Crippen LogP contribution in [0.4, 0.5) is 10.3 Å². The van der Waals surface area contributed by atoms with Gasteiger partial charge in [0.1, 0.15) is 11.9 Å². The molecule has 0 aliphatic carbocycles. The van der Waals surface area contributed by atoms with Crippen LogP contribution >= 0.6 is 0 Å². The van der Waals surface area contributed by atoms with Crippen LogP contribution in [0.2, 0.25) is 0 Å². The summed E-state index contributed by atoms with van der Waals surface area (Å²) in [7, 11) is -3.70. The molecule has 0 saturated carbocycles. The third-order valence-corrected chi connectivity index (χ3v) is 7.50. The molecule has 1 amide bonds. The highest BCUT2D eigenvalue weighted by atomic mass is 32.2. The molecule has 1 aliphatic heterocycles. The molecule has 1 unspecified atom stereocenters. The van der Waals surface area contributed by atoms with Gasteiger partial charge in [0.15, 0.2) is 5.82 Å². The van der Waals surface area contributed by atoms with E-state index in [0.717, 1.165) is 23.7 Å². The van der Waals surface area contributed by atoms with E-state index >= 15 is 0 Å². The number of aromatic nitrogens is 5. The van der Waals surface area contributed by atoms with Crippen LogP contribution in [-0.4, -0.2) is 82.1 Å². The molecule has 1 fully saturated rings. The predicted octanol–water partition coefficient (Wildman–Crippen LogP) is 0.599. The first-order valence-corrected chi connectivity index (χ1v) is 12.8. The summed E-state index contributed by atoms with van der Waals surface area (Å²) in [6.07, 6.45) is 7.11. The first-order chi connectivity index (χ1) is 17.4. The number of nitrogens with zero attached hydrogens (tertiary/aromatic N) is 7. The molecule has 3 aromatic heterocycles. The zero-order valence-corrected chi connectivity index (χ0v) is 20.1. The van der Waals surface area contributed by atoms with E-state index in [1.807, 2.05) is 23.1 Å². The van der Waals surface area contributed by atoms with Crippen molar-refractivity contribution in [2.75, 3.05) is 36.8 Å². The smallest absolute Gasteiger partial charge is 0.230 e. The Morgan fingerprint density at radius 1 is 1.03 bits per heavy atom. The van der Waals surface area contributed by atoms with Crippen molar-refractivity contribution < 1.29 is 22.4 Å². The molecule has 12 nitrogen and oxygen atoms in total. The number of sulfonamides is 1. The Balaban J connectivity index is 1.33. The van der Waals surface area contributed by atoms with E-state index in [1.54, 1.807) is 18.6 Å². The Kier molecular flexibility index (Phi) is 8.40. The number of anilines is 1. The lowest BCUT2D eigenvalue weighted by Crippen LogP contribution is -2.51. The summed E-state index contributed by atoms with van der Waals surface area (Å²) in [6, 6.07) is 5.59. The number of piperazine rings is 1. The molecule has 0 aromatic carbocycles. The normalized spacial score (nSPS) is 15.4. The van der Waals surface area contributed by atoms with E-state index in [-0.39, 0.29) is 31.7 Å². The molecular weight excluding hydrogens is 491 g/mol.